The highest BCUT2D eigenvalue weighted by atomic mass is 35.5. The van der Waals surface area contributed by atoms with Gasteiger partial charge in [-0.25, -0.2) is 8.78 Å². The molecule has 0 heterocycles. The average Bonchev–Trinajstić information content (AvgIpc) is 2.54. The molecule has 0 saturated carbocycles. The molecule has 0 aromatic heterocycles. The Kier molecular flexibility index (Phi) is 6.68. The van der Waals surface area contributed by atoms with E-state index >= 15 is 0 Å². The van der Waals surface area contributed by atoms with Crippen molar-refractivity contribution in [3.63, 3.8) is 0 Å². The lowest BCUT2D eigenvalue weighted by Gasteiger charge is -2.14. The lowest BCUT2D eigenvalue weighted by molar-refractivity contribution is -0.112. The number of carbonyl (C=O) groups excluding carboxylic acids is 1. The number of carbonyl (C=O) groups is 1. The van der Waals surface area contributed by atoms with Gasteiger partial charge in [0.15, 0.2) is 10.6 Å². The van der Waals surface area contributed by atoms with Crippen molar-refractivity contribution in [3.05, 3.63) is 69.1 Å². The van der Waals surface area contributed by atoms with Crippen molar-refractivity contribution in [1.29, 1.82) is 0 Å². The van der Waals surface area contributed by atoms with Gasteiger partial charge in [0.1, 0.15) is 11.6 Å². The van der Waals surface area contributed by atoms with E-state index in [9.17, 15) is 18.1 Å². The molecule has 0 aliphatic heterocycles. The van der Waals surface area contributed by atoms with Gasteiger partial charge >= 0.3 is 0 Å². The highest BCUT2D eigenvalue weighted by Gasteiger charge is 2.25. The molecule has 2 aromatic carbocycles. The fourth-order valence-corrected chi connectivity index (χ4v) is 3.66. The fraction of sp³-hybridized carbons (Fsp3) is 0. The number of hydrogen-bond acceptors (Lipinski definition) is 5. The van der Waals surface area contributed by atoms with Crippen molar-refractivity contribution in [2.45, 2.75) is 4.90 Å². The number of hydrogen-bond donors (Lipinski definition) is 3. The summed E-state index contributed by atoms with van der Waals surface area (Å²) in [6.45, 7) is 0. The first-order valence-electron chi connectivity index (χ1n) is 6.63. The number of anilines is 1. The molecule has 0 saturated heterocycles. The van der Waals surface area contributed by atoms with Crippen LogP contribution in [0.2, 0.25) is 5.02 Å². The molecular formula is C15H12ClF2N3O2S2. The molecule has 0 fully saturated rings. The van der Waals surface area contributed by atoms with E-state index in [1.807, 2.05) is 0 Å². The Balaban J connectivity index is 2.27. The first kappa shape index (κ1) is 19.5. The third kappa shape index (κ3) is 5.10. The van der Waals surface area contributed by atoms with Gasteiger partial charge in [-0.2, -0.15) is 0 Å². The van der Waals surface area contributed by atoms with Crippen LogP contribution in [0, 0.1) is 11.6 Å². The van der Waals surface area contributed by atoms with Crippen LogP contribution in [0.5, 0.6) is 0 Å². The second-order valence-electron chi connectivity index (χ2n) is 4.65. The molecule has 2 rings (SSSR count). The summed E-state index contributed by atoms with van der Waals surface area (Å²) in [5.41, 5.74) is 5.16. The van der Waals surface area contributed by atoms with E-state index < -0.39 is 34.4 Å². The van der Waals surface area contributed by atoms with Gasteiger partial charge in [0, 0.05) is 39.9 Å². The maximum absolute atomic E-state index is 13.2. The van der Waals surface area contributed by atoms with Crippen LogP contribution in [0.4, 0.5) is 14.5 Å². The lowest BCUT2D eigenvalue weighted by atomic mass is 10.3. The number of rotatable bonds is 5. The Bertz CT molecular complexity index is 799. The van der Waals surface area contributed by atoms with E-state index in [4.69, 9.17) is 22.5 Å². The smallest absolute Gasteiger partial charge is 0.277 e. The summed E-state index contributed by atoms with van der Waals surface area (Å²) in [6, 6.07) is 8.55. The molecule has 0 aliphatic carbocycles. The van der Waals surface area contributed by atoms with Crippen molar-refractivity contribution in [1.82, 2.24) is 0 Å². The van der Waals surface area contributed by atoms with Gasteiger partial charge in [-0.15, -0.1) is 0 Å². The number of nitrogens with two attached hydrogens (primary N) is 2. The van der Waals surface area contributed by atoms with Crippen LogP contribution in [0.25, 0.3) is 0 Å². The van der Waals surface area contributed by atoms with Crippen molar-refractivity contribution < 1.29 is 18.1 Å². The van der Waals surface area contributed by atoms with E-state index in [2.05, 4.69) is 5.32 Å². The van der Waals surface area contributed by atoms with Crippen LogP contribution in [0.3, 0.4) is 0 Å². The maximum atomic E-state index is 13.2. The summed E-state index contributed by atoms with van der Waals surface area (Å²) in [7, 11) is 0. The Morgan fingerprint density at radius 3 is 2.24 bits per heavy atom. The summed E-state index contributed by atoms with van der Waals surface area (Å²) < 4.78 is 38.8. The van der Waals surface area contributed by atoms with Crippen LogP contribution < -0.4 is 16.2 Å². The van der Waals surface area contributed by atoms with Gasteiger partial charge in [0.05, 0.1) is 0 Å². The largest absolute Gasteiger partial charge is 0.606 e. The van der Waals surface area contributed by atoms with Crippen LogP contribution in [0.1, 0.15) is 0 Å². The molecule has 0 spiro atoms. The fourth-order valence-electron chi connectivity index (χ4n) is 1.79. The number of benzene rings is 2. The number of amides is 1. The standard InChI is InChI=1S/C15H12ClF2N3O2S2/c16-8-1-3-12(4-2-8)25(23)15(24-20)13(19)14(22)21-11-6-9(17)5-10(18)7-11/h1-7H,19-20H2,(H,21,22)/b15-13+. The van der Waals surface area contributed by atoms with Gasteiger partial charge in [-0.3, -0.25) is 9.93 Å². The molecule has 10 heteroatoms. The monoisotopic (exact) mass is 403 g/mol. The predicted molar refractivity (Wildman–Crippen MR) is 95.8 cm³/mol. The Morgan fingerprint density at radius 2 is 1.72 bits per heavy atom. The van der Waals surface area contributed by atoms with Crippen molar-refractivity contribution in [2.75, 3.05) is 5.32 Å². The van der Waals surface area contributed by atoms with E-state index in [1.165, 1.54) is 24.3 Å². The maximum Gasteiger partial charge on any atom is 0.277 e. The number of halogens is 3. The van der Waals surface area contributed by atoms with Crippen molar-refractivity contribution in [2.24, 2.45) is 10.9 Å². The summed E-state index contributed by atoms with van der Waals surface area (Å²) in [5, 5.41) is 8.16. The predicted octanol–water partition coefficient (Wildman–Crippen LogP) is 3.10. The molecule has 1 atom stereocenters. The minimum absolute atomic E-state index is 0.100. The zero-order valence-electron chi connectivity index (χ0n) is 12.5. The summed E-state index contributed by atoms with van der Waals surface area (Å²) in [6.07, 6.45) is 0. The van der Waals surface area contributed by atoms with Gasteiger partial charge in [0.25, 0.3) is 5.91 Å². The Hall–Kier alpha value is -1.78. The molecule has 0 bridgehead atoms. The molecule has 0 aliphatic rings. The molecule has 1 unspecified atom stereocenters. The first-order chi connectivity index (χ1) is 11.8. The Morgan fingerprint density at radius 1 is 1.16 bits per heavy atom. The zero-order valence-corrected chi connectivity index (χ0v) is 14.9. The van der Waals surface area contributed by atoms with Crippen LogP contribution in [-0.2, 0) is 16.0 Å². The van der Waals surface area contributed by atoms with Crippen molar-refractivity contribution >= 4 is 46.3 Å². The van der Waals surface area contributed by atoms with E-state index in [0.29, 0.717) is 27.9 Å². The highest BCUT2D eigenvalue weighted by Crippen LogP contribution is 2.28. The molecule has 25 heavy (non-hydrogen) atoms. The molecule has 0 radical (unpaired) electrons. The minimum Gasteiger partial charge on any atom is -0.606 e. The molecule has 5 N–H and O–H groups in total. The van der Waals surface area contributed by atoms with Crippen molar-refractivity contribution in [3.8, 4) is 0 Å². The van der Waals surface area contributed by atoms with Gasteiger partial charge in [0.2, 0.25) is 4.24 Å². The molecular weight excluding hydrogens is 392 g/mol. The SMILES string of the molecule is NS/C(=C(\N)C(=O)Nc1cc(F)cc(F)c1)[S+]([O-])c1ccc(Cl)cc1. The molecule has 5 nitrogen and oxygen atoms in total. The first-order valence-corrected chi connectivity index (χ1v) is 9.04. The second kappa shape index (κ2) is 8.54. The zero-order chi connectivity index (χ0) is 18.6. The molecule has 2 aromatic rings. The minimum atomic E-state index is -1.82. The third-order valence-corrected chi connectivity index (χ3v) is 5.57. The van der Waals surface area contributed by atoms with E-state index in [1.54, 1.807) is 0 Å². The Labute approximate surface area is 154 Å². The van der Waals surface area contributed by atoms with Crippen LogP contribution in [0.15, 0.2) is 57.3 Å². The van der Waals surface area contributed by atoms with Gasteiger partial charge in [-0.05, 0) is 36.4 Å². The summed E-state index contributed by atoms with van der Waals surface area (Å²) in [4.78, 5) is 12.5. The highest BCUT2D eigenvalue weighted by molar-refractivity contribution is 8.17. The normalized spacial score (nSPS) is 13.2. The quantitative estimate of drug-likeness (QED) is 0.404. The van der Waals surface area contributed by atoms with E-state index in [0.717, 1.165) is 12.1 Å². The topological polar surface area (TPSA) is 104 Å². The summed E-state index contributed by atoms with van der Waals surface area (Å²) in [5.74, 6) is -2.62. The van der Waals surface area contributed by atoms with Gasteiger partial charge < -0.3 is 15.6 Å². The molecule has 1 amide bonds. The number of nitrogens with one attached hydrogen (secondary N) is 1. The molecule has 132 valence electrons. The second-order valence-corrected chi connectivity index (χ2v) is 7.41. The van der Waals surface area contributed by atoms with Gasteiger partial charge in [-0.1, -0.05) is 11.6 Å². The summed E-state index contributed by atoms with van der Waals surface area (Å²) >= 11 is 4.49. The van der Waals surface area contributed by atoms with E-state index in [-0.39, 0.29) is 9.92 Å². The van der Waals surface area contributed by atoms with Crippen LogP contribution >= 0.6 is 23.5 Å². The third-order valence-electron chi connectivity index (χ3n) is 2.89. The van der Waals surface area contributed by atoms with Crippen LogP contribution in [-0.4, -0.2) is 10.5 Å². The average molecular weight is 404 g/mol. The lowest BCUT2D eigenvalue weighted by Crippen LogP contribution is -2.24.